The number of nitrogens with zero attached hydrogens (tertiary/aromatic N) is 1. The van der Waals surface area contributed by atoms with Crippen LogP contribution in [-0.2, 0) is 10.5 Å². The van der Waals surface area contributed by atoms with Crippen molar-refractivity contribution in [1.29, 1.82) is 0 Å². The van der Waals surface area contributed by atoms with Crippen molar-refractivity contribution < 1.29 is 9.53 Å². The summed E-state index contributed by atoms with van der Waals surface area (Å²) in [6.07, 6.45) is 0.179. The largest absolute Gasteiger partial charge is 0.494 e. The molecule has 0 spiro atoms. The molecule has 1 aromatic heterocycles. The summed E-state index contributed by atoms with van der Waals surface area (Å²) >= 11 is 1.43. The van der Waals surface area contributed by atoms with Gasteiger partial charge in [0, 0.05) is 23.7 Å². The van der Waals surface area contributed by atoms with Crippen LogP contribution in [0.1, 0.15) is 36.0 Å². The van der Waals surface area contributed by atoms with Crippen molar-refractivity contribution in [1.82, 2.24) is 9.97 Å². The Balaban J connectivity index is 1.69. The van der Waals surface area contributed by atoms with E-state index in [9.17, 15) is 9.59 Å². The molecule has 1 atom stereocenters. The first-order chi connectivity index (χ1) is 14.2. The monoisotopic (exact) mass is 407 g/mol. The summed E-state index contributed by atoms with van der Waals surface area (Å²) in [6, 6.07) is 17.5. The molecule has 148 valence electrons. The van der Waals surface area contributed by atoms with Crippen LogP contribution in [0.15, 0.2) is 64.5 Å². The molecule has 0 saturated carbocycles. The maximum atomic E-state index is 13.0. The van der Waals surface area contributed by atoms with Gasteiger partial charge in [-0.2, -0.15) is 0 Å². The van der Waals surface area contributed by atoms with E-state index >= 15 is 0 Å². The molecular formula is C22H21N3O3S. The number of benzene rings is 2. The number of ether oxygens (including phenoxy) is 1. The van der Waals surface area contributed by atoms with Crippen molar-refractivity contribution in [2.24, 2.45) is 0 Å². The van der Waals surface area contributed by atoms with Crippen molar-refractivity contribution >= 4 is 23.5 Å². The van der Waals surface area contributed by atoms with Gasteiger partial charge in [-0.25, -0.2) is 4.98 Å². The number of nitrogens with one attached hydrogen (secondary N) is 2. The zero-order chi connectivity index (χ0) is 20.2. The number of para-hydroxylation sites is 1. The number of carbonyl (C=O) groups is 1. The quantitative estimate of drug-likeness (QED) is 0.478. The maximum absolute atomic E-state index is 13.0. The number of H-pyrrole nitrogens is 1. The van der Waals surface area contributed by atoms with E-state index in [0.717, 1.165) is 11.1 Å². The topological polar surface area (TPSA) is 84.1 Å². The number of aromatic amines is 1. The lowest BCUT2D eigenvalue weighted by Crippen LogP contribution is -2.31. The SMILES string of the molecule is CCOc1ccccc1C1CC(=O)Nc2nc(SCc3ccccc3)[nH]c(=O)c21. The van der Waals surface area contributed by atoms with Gasteiger partial charge >= 0.3 is 0 Å². The van der Waals surface area contributed by atoms with Crippen LogP contribution in [-0.4, -0.2) is 22.5 Å². The molecule has 0 saturated heterocycles. The van der Waals surface area contributed by atoms with Crippen molar-refractivity contribution in [2.75, 3.05) is 11.9 Å². The van der Waals surface area contributed by atoms with Crippen LogP contribution >= 0.6 is 11.8 Å². The Morgan fingerprint density at radius 1 is 1.10 bits per heavy atom. The molecule has 4 rings (SSSR count). The molecule has 1 aliphatic heterocycles. The van der Waals surface area contributed by atoms with E-state index < -0.39 is 5.92 Å². The zero-order valence-corrected chi connectivity index (χ0v) is 16.8. The highest BCUT2D eigenvalue weighted by Crippen LogP contribution is 2.38. The molecule has 29 heavy (non-hydrogen) atoms. The fourth-order valence-corrected chi connectivity index (χ4v) is 4.28. The van der Waals surface area contributed by atoms with Crippen LogP contribution in [0, 0.1) is 0 Å². The van der Waals surface area contributed by atoms with Crippen molar-refractivity contribution in [3.8, 4) is 5.75 Å². The summed E-state index contributed by atoms with van der Waals surface area (Å²) in [4.78, 5) is 32.7. The number of hydrogen-bond donors (Lipinski definition) is 2. The number of anilines is 1. The van der Waals surface area contributed by atoms with Crippen LogP contribution in [0.25, 0.3) is 0 Å². The van der Waals surface area contributed by atoms with E-state index in [-0.39, 0.29) is 17.9 Å². The van der Waals surface area contributed by atoms with E-state index in [0.29, 0.717) is 34.6 Å². The summed E-state index contributed by atoms with van der Waals surface area (Å²) in [5, 5.41) is 3.25. The lowest BCUT2D eigenvalue weighted by Gasteiger charge is -2.25. The number of aromatic nitrogens is 2. The van der Waals surface area contributed by atoms with Crippen molar-refractivity contribution in [2.45, 2.75) is 30.2 Å². The minimum atomic E-state index is -0.397. The van der Waals surface area contributed by atoms with Gasteiger partial charge in [0.05, 0.1) is 12.2 Å². The first-order valence-electron chi connectivity index (χ1n) is 9.48. The van der Waals surface area contributed by atoms with E-state index in [1.54, 1.807) is 0 Å². The lowest BCUT2D eigenvalue weighted by molar-refractivity contribution is -0.116. The van der Waals surface area contributed by atoms with Gasteiger partial charge in [0.25, 0.3) is 5.56 Å². The Hall–Kier alpha value is -3.06. The molecule has 1 amide bonds. The van der Waals surface area contributed by atoms with Crippen molar-refractivity contribution in [3.63, 3.8) is 0 Å². The molecule has 0 fully saturated rings. The van der Waals surface area contributed by atoms with Crippen molar-refractivity contribution in [3.05, 3.63) is 81.6 Å². The van der Waals surface area contributed by atoms with E-state index in [1.807, 2.05) is 61.5 Å². The molecule has 1 aliphatic rings. The van der Waals surface area contributed by atoms with E-state index in [4.69, 9.17) is 4.74 Å². The van der Waals surface area contributed by atoms with Gasteiger partial charge in [-0.1, -0.05) is 60.3 Å². The van der Waals surface area contributed by atoms with Crippen LogP contribution in [0.2, 0.25) is 0 Å². The summed E-state index contributed by atoms with van der Waals surface area (Å²) in [7, 11) is 0. The fraction of sp³-hybridized carbons (Fsp3) is 0.227. The van der Waals surface area contributed by atoms with Gasteiger partial charge in [0.2, 0.25) is 5.91 Å². The van der Waals surface area contributed by atoms with E-state index in [2.05, 4.69) is 15.3 Å². The molecule has 0 aliphatic carbocycles. The highest BCUT2D eigenvalue weighted by Gasteiger charge is 2.32. The Morgan fingerprint density at radius 3 is 2.66 bits per heavy atom. The lowest BCUT2D eigenvalue weighted by atomic mass is 9.86. The molecule has 1 unspecified atom stereocenters. The second kappa shape index (κ2) is 8.53. The number of rotatable bonds is 6. The van der Waals surface area contributed by atoms with Gasteiger partial charge in [0.1, 0.15) is 11.6 Å². The normalized spacial score (nSPS) is 15.5. The molecule has 3 aromatic rings. The zero-order valence-electron chi connectivity index (χ0n) is 16.0. The maximum Gasteiger partial charge on any atom is 0.257 e. The number of thioether (sulfide) groups is 1. The highest BCUT2D eigenvalue weighted by atomic mass is 32.2. The second-order valence-corrected chi connectivity index (χ2v) is 7.65. The predicted molar refractivity (Wildman–Crippen MR) is 114 cm³/mol. The number of carbonyl (C=O) groups excluding carboxylic acids is 1. The van der Waals surface area contributed by atoms with Gasteiger partial charge in [-0.15, -0.1) is 0 Å². The fourth-order valence-electron chi connectivity index (χ4n) is 3.47. The Kier molecular flexibility index (Phi) is 5.67. The molecule has 2 heterocycles. The molecule has 6 nitrogen and oxygen atoms in total. The average Bonchev–Trinajstić information content (AvgIpc) is 2.73. The van der Waals surface area contributed by atoms with Gasteiger partial charge in [-0.05, 0) is 18.6 Å². The summed E-state index contributed by atoms with van der Waals surface area (Å²) in [5.74, 6) is 1.13. The average molecular weight is 407 g/mol. The number of fused-ring (bicyclic) bond motifs is 1. The Morgan fingerprint density at radius 2 is 1.86 bits per heavy atom. The molecule has 2 N–H and O–H groups in total. The summed E-state index contributed by atoms with van der Waals surface area (Å²) in [6.45, 7) is 2.41. The standard InChI is InChI=1S/C22H21N3O3S/c1-2-28-17-11-7-6-10-15(17)16-12-18(26)23-20-19(16)21(27)25-22(24-20)29-13-14-8-4-3-5-9-14/h3-11,16H,2,12-13H2,1H3,(H2,23,24,25,26,27). The van der Waals surface area contributed by atoms with Gasteiger partial charge in [0.15, 0.2) is 5.16 Å². The molecule has 0 radical (unpaired) electrons. The summed E-state index contributed by atoms with van der Waals surface area (Å²) in [5.41, 5.74) is 2.19. The number of amides is 1. The van der Waals surface area contributed by atoms with Crippen LogP contribution in [0.5, 0.6) is 5.75 Å². The van der Waals surface area contributed by atoms with Crippen LogP contribution < -0.4 is 15.6 Å². The Labute approximate surface area is 172 Å². The minimum absolute atomic E-state index is 0.161. The first-order valence-corrected chi connectivity index (χ1v) is 10.5. The second-order valence-electron chi connectivity index (χ2n) is 6.68. The molecule has 7 heteroatoms. The number of hydrogen-bond acceptors (Lipinski definition) is 5. The molecule has 2 aromatic carbocycles. The van der Waals surface area contributed by atoms with Gasteiger partial charge < -0.3 is 15.0 Å². The third-order valence-corrected chi connectivity index (χ3v) is 5.69. The van der Waals surface area contributed by atoms with E-state index in [1.165, 1.54) is 11.8 Å². The highest BCUT2D eigenvalue weighted by molar-refractivity contribution is 7.98. The molecular weight excluding hydrogens is 386 g/mol. The third kappa shape index (κ3) is 4.19. The van der Waals surface area contributed by atoms with Gasteiger partial charge in [-0.3, -0.25) is 9.59 Å². The smallest absolute Gasteiger partial charge is 0.257 e. The van der Waals surface area contributed by atoms with Crippen LogP contribution in [0.3, 0.4) is 0 Å². The predicted octanol–water partition coefficient (Wildman–Crippen LogP) is 3.94. The third-order valence-electron chi connectivity index (χ3n) is 4.74. The summed E-state index contributed by atoms with van der Waals surface area (Å²) < 4.78 is 5.72. The first kappa shape index (κ1) is 19.3. The Bertz CT molecular complexity index is 1080. The minimum Gasteiger partial charge on any atom is -0.494 e. The molecule has 0 bridgehead atoms. The van der Waals surface area contributed by atoms with Crippen LogP contribution in [0.4, 0.5) is 5.82 Å².